The van der Waals surface area contributed by atoms with Gasteiger partial charge in [-0.3, -0.25) is 0 Å². The predicted molar refractivity (Wildman–Crippen MR) is 56.1 cm³/mol. The fourth-order valence-electron chi connectivity index (χ4n) is 2.08. The summed E-state index contributed by atoms with van der Waals surface area (Å²) in [5, 5.41) is 3.52. The van der Waals surface area contributed by atoms with E-state index in [1.54, 1.807) is 6.26 Å². The second-order valence-corrected chi connectivity index (χ2v) is 3.84. The summed E-state index contributed by atoms with van der Waals surface area (Å²) in [5.74, 6) is 1.17. The Morgan fingerprint density at radius 1 is 1.57 bits per heavy atom. The summed E-state index contributed by atoms with van der Waals surface area (Å²) in [6.45, 7) is 1.77. The van der Waals surface area contributed by atoms with Crippen molar-refractivity contribution in [2.75, 3.05) is 13.1 Å². The molecule has 2 rings (SSSR count). The van der Waals surface area contributed by atoms with E-state index in [0.717, 1.165) is 25.9 Å². The molecule has 78 valence electrons. The van der Waals surface area contributed by atoms with Crippen LogP contribution in [0.25, 0.3) is 0 Å². The van der Waals surface area contributed by atoms with Crippen molar-refractivity contribution in [2.24, 2.45) is 5.73 Å². The van der Waals surface area contributed by atoms with Crippen LogP contribution in [0.4, 0.5) is 0 Å². The van der Waals surface area contributed by atoms with Gasteiger partial charge in [-0.2, -0.15) is 0 Å². The lowest BCUT2D eigenvalue weighted by Crippen LogP contribution is -2.26. The first-order chi connectivity index (χ1) is 6.92. The third kappa shape index (κ3) is 1.99. The summed E-state index contributed by atoms with van der Waals surface area (Å²) in [7, 11) is 0. The molecule has 14 heavy (non-hydrogen) atoms. The molecule has 3 heteroatoms. The minimum absolute atomic E-state index is 0.490. The maximum atomic E-state index is 5.46. The Morgan fingerprint density at radius 3 is 3.36 bits per heavy atom. The molecular weight excluding hydrogens is 176 g/mol. The zero-order chi connectivity index (χ0) is 9.80. The van der Waals surface area contributed by atoms with Crippen LogP contribution in [0.15, 0.2) is 16.7 Å². The van der Waals surface area contributed by atoms with Crippen molar-refractivity contribution in [3.63, 3.8) is 0 Å². The van der Waals surface area contributed by atoms with Crippen LogP contribution in [0.3, 0.4) is 0 Å². The van der Waals surface area contributed by atoms with E-state index in [9.17, 15) is 0 Å². The molecule has 0 saturated heterocycles. The molecule has 0 aromatic carbocycles. The molecule has 1 aromatic heterocycles. The first-order valence-corrected chi connectivity index (χ1v) is 5.41. The fraction of sp³-hybridized carbons (Fsp3) is 0.636. The van der Waals surface area contributed by atoms with Gasteiger partial charge in [0.05, 0.1) is 6.26 Å². The van der Waals surface area contributed by atoms with Gasteiger partial charge < -0.3 is 15.5 Å². The van der Waals surface area contributed by atoms with Crippen LogP contribution in [-0.2, 0) is 6.42 Å². The van der Waals surface area contributed by atoms with Crippen molar-refractivity contribution in [3.05, 3.63) is 23.7 Å². The minimum atomic E-state index is 0.490. The summed E-state index contributed by atoms with van der Waals surface area (Å²) >= 11 is 0. The molecule has 1 unspecified atom stereocenters. The summed E-state index contributed by atoms with van der Waals surface area (Å²) in [6.07, 6.45) is 6.38. The van der Waals surface area contributed by atoms with Gasteiger partial charge in [0.15, 0.2) is 0 Å². The van der Waals surface area contributed by atoms with E-state index >= 15 is 0 Å². The number of hydrogen-bond acceptors (Lipinski definition) is 3. The Labute approximate surface area is 84.7 Å². The zero-order valence-corrected chi connectivity index (χ0v) is 8.46. The highest BCUT2D eigenvalue weighted by atomic mass is 16.3. The molecule has 0 fully saturated rings. The summed E-state index contributed by atoms with van der Waals surface area (Å²) in [6, 6.07) is 2.58. The van der Waals surface area contributed by atoms with Crippen molar-refractivity contribution in [1.82, 2.24) is 5.32 Å². The van der Waals surface area contributed by atoms with Gasteiger partial charge in [-0.05, 0) is 38.4 Å². The van der Waals surface area contributed by atoms with Crippen LogP contribution >= 0.6 is 0 Å². The van der Waals surface area contributed by atoms with E-state index < -0.39 is 0 Å². The molecule has 0 aliphatic heterocycles. The zero-order valence-electron chi connectivity index (χ0n) is 8.46. The van der Waals surface area contributed by atoms with Gasteiger partial charge in [-0.25, -0.2) is 0 Å². The van der Waals surface area contributed by atoms with Gasteiger partial charge in [0.2, 0.25) is 0 Å². The van der Waals surface area contributed by atoms with E-state index in [4.69, 9.17) is 10.2 Å². The minimum Gasteiger partial charge on any atom is -0.469 e. The van der Waals surface area contributed by atoms with E-state index in [1.807, 2.05) is 0 Å². The molecule has 1 aliphatic carbocycles. The first kappa shape index (κ1) is 9.74. The molecule has 1 heterocycles. The van der Waals surface area contributed by atoms with Gasteiger partial charge in [0.25, 0.3) is 0 Å². The summed E-state index contributed by atoms with van der Waals surface area (Å²) in [5.41, 5.74) is 6.82. The molecule has 3 N–H and O–H groups in total. The highest BCUT2D eigenvalue weighted by Crippen LogP contribution is 2.30. The average Bonchev–Trinajstić information content (AvgIpc) is 2.67. The Bertz CT molecular complexity index is 283. The van der Waals surface area contributed by atoms with Crippen LogP contribution in [0.2, 0.25) is 0 Å². The number of furan rings is 1. The first-order valence-electron chi connectivity index (χ1n) is 5.41. The second-order valence-electron chi connectivity index (χ2n) is 3.84. The fourth-order valence-corrected chi connectivity index (χ4v) is 2.08. The monoisotopic (exact) mass is 194 g/mol. The third-order valence-electron chi connectivity index (χ3n) is 2.82. The Kier molecular flexibility index (Phi) is 3.22. The number of hydrogen-bond donors (Lipinski definition) is 2. The number of nitrogens with two attached hydrogens (primary N) is 1. The van der Waals surface area contributed by atoms with Crippen molar-refractivity contribution in [3.8, 4) is 0 Å². The van der Waals surface area contributed by atoms with E-state index in [1.165, 1.54) is 24.2 Å². The highest BCUT2D eigenvalue weighted by Gasteiger charge is 2.21. The Balaban J connectivity index is 1.94. The molecule has 1 aliphatic rings. The molecule has 0 saturated carbocycles. The highest BCUT2D eigenvalue weighted by molar-refractivity contribution is 5.23. The van der Waals surface area contributed by atoms with Gasteiger partial charge in [-0.15, -0.1) is 0 Å². The van der Waals surface area contributed by atoms with Crippen molar-refractivity contribution < 1.29 is 4.42 Å². The quantitative estimate of drug-likeness (QED) is 0.716. The van der Waals surface area contributed by atoms with E-state index in [-0.39, 0.29) is 0 Å². The van der Waals surface area contributed by atoms with Crippen LogP contribution in [-0.4, -0.2) is 13.1 Å². The number of nitrogens with one attached hydrogen (secondary N) is 1. The number of fused-ring (bicyclic) bond motifs is 1. The summed E-state index contributed by atoms with van der Waals surface area (Å²) < 4.78 is 5.43. The third-order valence-corrected chi connectivity index (χ3v) is 2.82. The smallest absolute Gasteiger partial charge is 0.108 e. The topological polar surface area (TPSA) is 51.2 Å². The maximum absolute atomic E-state index is 5.46. The molecule has 0 radical (unpaired) electrons. The Morgan fingerprint density at radius 2 is 2.50 bits per heavy atom. The lowest BCUT2D eigenvalue weighted by Gasteiger charge is -2.22. The molecule has 1 atom stereocenters. The van der Waals surface area contributed by atoms with Crippen LogP contribution in [0, 0.1) is 0 Å². The Hall–Kier alpha value is -0.800. The molecule has 0 amide bonds. The van der Waals surface area contributed by atoms with Crippen molar-refractivity contribution in [2.45, 2.75) is 31.7 Å². The van der Waals surface area contributed by atoms with Crippen molar-refractivity contribution >= 4 is 0 Å². The average molecular weight is 194 g/mol. The van der Waals surface area contributed by atoms with Crippen molar-refractivity contribution in [1.29, 1.82) is 0 Å². The molecule has 0 spiro atoms. The van der Waals surface area contributed by atoms with E-state index in [2.05, 4.69) is 11.4 Å². The molecule has 0 bridgehead atoms. The SMILES string of the molecule is NCCCNC1CCCc2occc21. The largest absolute Gasteiger partial charge is 0.469 e. The standard InChI is InChI=1S/C11H18N2O/c12-6-2-7-13-10-3-1-4-11-9(10)5-8-14-11/h5,8,10,13H,1-4,6-7,12H2. The predicted octanol–water partition coefficient (Wildman–Crippen LogP) is 1.60. The molecule has 1 aromatic rings. The lowest BCUT2D eigenvalue weighted by atomic mass is 9.93. The van der Waals surface area contributed by atoms with Gasteiger partial charge in [0.1, 0.15) is 5.76 Å². The van der Waals surface area contributed by atoms with Gasteiger partial charge >= 0.3 is 0 Å². The summed E-state index contributed by atoms with van der Waals surface area (Å²) in [4.78, 5) is 0. The molecular formula is C11H18N2O. The number of aryl methyl sites for hydroxylation is 1. The van der Waals surface area contributed by atoms with Gasteiger partial charge in [-0.1, -0.05) is 0 Å². The van der Waals surface area contributed by atoms with Crippen LogP contribution in [0.5, 0.6) is 0 Å². The van der Waals surface area contributed by atoms with Gasteiger partial charge in [0, 0.05) is 18.0 Å². The van der Waals surface area contributed by atoms with Crippen LogP contribution < -0.4 is 11.1 Å². The van der Waals surface area contributed by atoms with E-state index in [0.29, 0.717) is 6.04 Å². The normalized spacial score (nSPS) is 20.8. The number of rotatable bonds is 4. The lowest BCUT2D eigenvalue weighted by molar-refractivity contribution is 0.411. The van der Waals surface area contributed by atoms with Crippen LogP contribution in [0.1, 0.15) is 36.6 Å². The molecule has 3 nitrogen and oxygen atoms in total. The maximum Gasteiger partial charge on any atom is 0.108 e. The second kappa shape index (κ2) is 4.62.